The molecule has 0 unspecified atom stereocenters. The Morgan fingerprint density at radius 2 is 1.96 bits per heavy atom. The van der Waals surface area contributed by atoms with Crippen LogP contribution in [0.2, 0.25) is 0 Å². The lowest BCUT2D eigenvalue weighted by molar-refractivity contribution is 0.175. The molecule has 1 rings (SSSR count). The second kappa shape index (κ2) is 12.6. The summed E-state index contributed by atoms with van der Waals surface area (Å²) in [5.41, 5.74) is 2.46. The molecule has 0 atom stereocenters. The third kappa shape index (κ3) is 7.60. The molecular weight excluding hydrogens is 453 g/mol. The maximum atomic E-state index is 9.44. The molecule has 0 aromatic carbocycles. The highest BCUT2D eigenvalue weighted by atomic mass is 127. The van der Waals surface area contributed by atoms with Crippen molar-refractivity contribution >= 4 is 29.9 Å². The fourth-order valence-corrected chi connectivity index (χ4v) is 3.35. The highest BCUT2D eigenvalue weighted by Gasteiger charge is 2.26. The largest absolute Gasteiger partial charge is 0.396 e. The molecule has 1 heterocycles. The number of aryl methyl sites for hydroxylation is 1. The van der Waals surface area contributed by atoms with E-state index in [1.165, 1.54) is 5.56 Å². The fourth-order valence-electron chi connectivity index (χ4n) is 3.35. The van der Waals surface area contributed by atoms with Crippen molar-refractivity contribution in [1.82, 2.24) is 20.0 Å². The zero-order valence-corrected chi connectivity index (χ0v) is 20.6. The van der Waals surface area contributed by atoms with Gasteiger partial charge in [0.15, 0.2) is 5.96 Å². The van der Waals surface area contributed by atoms with Crippen molar-refractivity contribution in [2.45, 2.75) is 66.3 Å². The van der Waals surface area contributed by atoms with Crippen LogP contribution in [0.4, 0.5) is 0 Å². The number of aliphatic imine (C=N–C) groups is 1. The highest BCUT2D eigenvalue weighted by Crippen LogP contribution is 2.30. The van der Waals surface area contributed by atoms with Crippen LogP contribution in [0.1, 0.15) is 71.1 Å². The lowest BCUT2D eigenvalue weighted by Crippen LogP contribution is -2.39. The number of hydrogen-bond donors (Lipinski definition) is 2. The first-order valence-corrected chi connectivity index (χ1v) is 9.95. The lowest BCUT2D eigenvalue weighted by Gasteiger charge is -2.30. The molecule has 0 spiro atoms. The molecule has 0 aliphatic rings. The van der Waals surface area contributed by atoms with E-state index in [0.717, 1.165) is 50.6 Å². The van der Waals surface area contributed by atoms with Crippen molar-refractivity contribution in [2.24, 2.45) is 17.5 Å². The number of aliphatic hydroxyl groups is 1. The Hall–Kier alpha value is -0.830. The Morgan fingerprint density at radius 3 is 2.44 bits per heavy atom. The summed E-state index contributed by atoms with van der Waals surface area (Å²) in [6.45, 7) is 13.4. The van der Waals surface area contributed by atoms with Crippen molar-refractivity contribution in [1.29, 1.82) is 0 Å². The smallest absolute Gasteiger partial charge is 0.193 e. The van der Waals surface area contributed by atoms with Gasteiger partial charge in [0.25, 0.3) is 0 Å². The summed E-state index contributed by atoms with van der Waals surface area (Å²) in [5, 5.41) is 17.5. The minimum atomic E-state index is 0. The maximum absolute atomic E-state index is 9.44. The number of aromatic nitrogens is 2. The van der Waals surface area contributed by atoms with Gasteiger partial charge >= 0.3 is 0 Å². The second-order valence-corrected chi connectivity index (χ2v) is 7.57. The Bertz CT molecular complexity index is 567. The minimum absolute atomic E-state index is 0. The molecule has 158 valence electrons. The molecule has 1 aromatic rings. The summed E-state index contributed by atoms with van der Waals surface area (Å²) >= 11 is 0. The number of rotatable bonds is 10. The second-order valence-electron chi connectivity index (χ2n) is 7.57. The van der Waals surface area contributed by atoms with Gasteiger partial charge in [-0.2, -0.15) is 5.10 Å². The van der Waals surface area contributed by atoms with Crippen molar-refractivity contribution in [2.75, 3.05) is 26.7 Å². The van der Waals surface area contributed by atoms with Crippen LogP contribution in [0.25, 0.3) is 0 Å². The van der Waals surface area contributed by atoms with Crippen LogP contribution in [-0.2, 0) is 13.6 Å². The molecule has 0 amide bonds. The van der Waals surface area contributed by atoms with Crippen molar-refractivity contribution in [3.63, 3.8) is 0 Å². The van der Waals surface area contributed by atoms with Crippen LogP contribution >= 0.6 is 24.0 Å². The molecule has 0 fully saturated rings. The standard InChI is InChI=1S/C20H39N5O.HI/c1-8-20(9-2,11-12-26)15-22-19(21-10-3)24(6)13-17-14-25(7)23-18(17)16(4)5;/h14,16,26H,8-13,15H2,1-7H3,(H,21,22);1H. The number of nitrogens with zero attached hydrogens (tertiary/aromatic N) is 4. The van der Waals surface area contributed by atoms with E-state index in [9.17, 15) is 5.11 Å². The van der Waals surface area contributed by atoms with Gasteiger partial charge < -0.3 is 15.3 Å². The van der Waals surface area contributed by atoms with Gasteiger partial charge in [0.1, 0.15) is 0 Å². The van der Waals surface area contributed by atoms with E-state index in [0.29, 0.717) is 5.92 Å². The summed E-state index contributed by atoms with van der Waals surface area (Å²) in [7, 11) is 4.05. The van der Waals surface area contributed by atoms with Crippen LogP contribution in [0.15, 0.2) is 11.2 Å². The molecule has 0 aliphatic heterocycles. The fraction of sp³-hybridized carbons (Fsp3) is 0.800. The van der Waals surface area contributed by atoms with Gasteiger partial charge in [0.2, 0.25) is 0 Å². The SMILES string of the molecule is CCNC(=NCC(CC)(CC)CCO)N(C)Cc1cn(C)nc1C(C)C.I. The number of halogens is 1. The lowest BCUT2D eigenvalue weighted by atomic mass is 9.79. The first kappa shape index (κ1) is 26.2. The average molecular weight is 493 g/mol. The summed E-state index contributed by atoms with van der Waals surface area (Å²) in [6, 6.07) is 0. The summed E-state index contributed by atoms with van der Waals surface area (Å²) in [6.07, 6.45) is 4.95. The summed E-state index contributed by atoms with van der Waals surface area (Å²) < 4.78 is 1.89. The Kier molecular flexibility index (Phi) is 12.2. The van der Waals surface area contributed by atoms with E-state index < -0.39 is 0 Å². The number of guanidine groups is 1. The first-order chi connectivity index (χ1) is 12.3. The van der Waals surface area contributed by atoms with Gasteiger partial charge in [-0.1, -0.05) is 27.7 Å². The highest BCUT2D eigenvalue weighted by molar-refractivity contribution is 14.0. The molecular formula is C20H40IN5O. The van der Waals surface area contributed by atoms with Gasteiger partial charge in [0.05, 0.1) is 5.69 Å². The van der Waals surface area contributed by atoms with Gasteiger partial charge in [-0.15, -0.1) is 24.0 Å². The Balaban J connectivity index is 0.00000676. The minimum Gasteiger partial charge on any atom is -0.396 e. The van der Waals surface area contributed by atoms with E-state index in [4.69, 9.17) is 4.99 Å². The van der Waals surface area contributed by atoms with Gasteiger partial charge in [-0.25, -0.2) is 0 Å². The monoisotopic (exact) mass is 493 g/mol. The van der Waals surface area contributed by atoms with Crippen molar-refractivity contribution in [3.05, 3.63) is 17.5 Å². The topological polar surface area (TPSA) is 65.7 Å². The van der Waals surface area contributed by atoms with Crippen LogP contribution in [0, 0.1) is 5.41 Å². The van der Waals surface area contributed by atoms with E-state index in [1.807, 2.05) is 11.7 Å². The van der Waals surface area contributed by atoms with Gasteiger partial charge in [-0.05, 0) is 37.5 Å². The predicted molar refractivity (Wildman–Crippen MR) is 125 cm³/mol. The third-order valence-corrected chi connectivity index (χ3v) is 5.29. The number of aliphatic hydroxyl groups excluding tert-OH is 1. The van der Waals surface area contributed by atoms with Crippen LogP contribution in [0.5, 0.6) is 0 Å². The number of hydrogen-bond acceptors (Lipinski definition) is 3. The molecule has 27 heavy (non-hydrogen) atoms. The zero-order chi connectivity index (χ0) is 19.7. The van der Waals surface area contributed by atoms with Crippen LogP contribution < -0.4 is 5.32 Å². The Labute approximate surface area is 182 Å². The Morgan fingerprint density at radius 1 is 1.33 bits per heavy atom. The maximum Gasteiger partial charge on any atom is 0.193 e. The quantitative estimate of drug-likeness (QED) is 0.296. The average Bonchev–Trinajstić information content (AvgIpc) is 2.98. The van der Waals surface area contributed by atoms with Crippen molar-refractivity contribution in [3.8, 4) is 0 Å². The van der Waals surface area contributed by atoms with Gasteiger partial charge in [-0.3, -0.25) is 9.67 Å². The zero-order valence-electron chi connectivity index (χ0n) is 18.2. The summed E-state index contributed by atoms with van der Waals surface area (Å²) in [4.78, 5) is 7.08. The normalized spacial score (nSPS) is 12.3. The van der Waals surface area contributed by atoms with E-state index in [2.05, 4.69) is 63.2 Å². The molecule has 6 nitrogen and oxygen atoms in total. The van der Waals surface area contributed by atoms with Crippen molar-refractivity contribution < 1.29 is 5.11 Å². The molecule has 0 radical (unpaired) electrons. The molecule has 1 aromatic heterocycles. The molecule has 0 saturated carbocycles. The third-order valence-electron chi connectivity index (χ3n) is 5.29. The summed E-state index contributed by atoms with van der Waals surface area (Å²) in [5.74, 6) is 1.31. The van der Waals surface area contributed by atoms with E-state index in [1.54, 1.807) is 0 Å². The molecule has 0 aliphatic carbocycles. The van der Waals surface area contributed by atoms with E-state index >= 15 is 0 Å². The van der Waals surface area contributed by atoms with E-state index in [-0.39, 0.29) is 36.0 Å². The molecule has 0 saturated heterocycles. The molecule has 2 N–H and O–H groups in total. The van der Waals surface area contributed by atoms with Crippen LogP contribution in [-0.4, -0.2) is 52.5 Å². The first-order valence-electron chi connectivity index (χ1n) is 9.95. The predicted octanol–water partition coefficient (Wildman–Crippen LogP) is 3.75. The number of nitrogens with one attached hydrogen (secondary N) is 1. The van der Waals surface area contributed by atoms with Gasteiger partial charge in [0, 0.05) is 52.1 Å². The molecule has 0 bridgehead atoms. The van der Waals surface area contributed by atoms with Crippen LogP contribution in [0.3, 0.4) is 0 Å². The molecule has 7 heteroatoms.